The Kier molecular flexibility index (Phi) is 6.07. The molecular weight excluding hydrogens is 406 g/mol. The minimum Gasteiger partial charge on any atom is -0.439 e. The lowest BCUT2D eigenvalue weighted by Gasteiger charge is -2.16. The fourth-order valence-electron chi connectivity index (χ4n) is 2.92. The van der Waals surface area contributed by atoms with Gasteiger partial charge in [-0.25, -0.2) is 4.39 Å². The van der Waals surface area contributed by atoms with Crippen LogP contribution in [0.15, 0.2) is 34.9 Å². The lowest BCUT2D eigenvalue weighted by molar-refractivity contribution is 0.0910. The van der Waals surface area contributed by atoms with Crippen molar-refractivity contribution in [1.29, 1.82) is 0 Å². The highest BCUT2D eigenvalue weighted by Gasteiger charge is 2.22. The molecule has 0 radical (unpaired) electrons. The Morgan fingerprint density at radius 2 is 2.14 bits per heavy atom. The third-order valence-corrected chi connectivity index (χ3v) is 4.94. The third kappa shape index (κ3) is 4.22. The average molecular weight is 425 g/mol. The van der Waals surface area contributed by atoms with E-state index < -0.39 is 5.91 Å². The van der Waals surface area contributed by atoms with Gasteiger partial charge in [0.15, 0.2) is 5.76 Å². The number of rotatable bonds is 6. The number of aromatic nitrogens is 2. The highest BCUT2D eigenvalue weighted by molar-refractivity contribution is 6.35. The van der Waals surface area contributed by atoms with E-state index in [-0.39, 0.29) is 29.4 Å². The van der Waals surface area contributed by atoms with Crippen LogP contribution in [0, 0.1) is 12.7 Å². The van der Waals surface area contributed by atoms with Gasteiger partial charge in [-0.05, 0) is 42.1 Å². The van der Waals surface area contributed by atoms with Crippen molar-refractivity contribution in [3.63, 3.8) is 0 Å². The molecule has 1 atom stereocenters. The van der Waals surface area contributed by atoms with E-state index >= 15 is 0 Å². The van der Waals surface area contributed by atoms with Crippen LogP contribution >= 0.6 is 23.2 Å². The second-order valence-corrected chi connectivity index (χ2v) is 7.21. The molecule has 0 aliphatic heterocycles. The van der Waals surface area contributed by atoms with Crippen molar-refractivity contribution in [2.75, 3.05) is 6.54 Å². The van der Waals surface area contributed by atoms with Gasteiger partial charge in [-0.2, -0.15) is 5.10 Å². The molecule has 2 heterocycles. The molecule has 0 aliphatic carbocycles. The summed E-state index contributed by atoms with van der Waals surface area (Å²) in [5.74, 6) is -0.699. The SMILES string of the molecule is Cc1cc(C[C@@H](CN)NC(=O)c2cc(-c3c(Cl)cnn3C)c(Cl)o2)ccc1F. The van der Waals surface area contributed by atoms with E-state index in [2.05, 4.69) is 10.4 Å². The Hall–Kier alpha value is -2.35. The zero-order chi connectivity index (χ0) is 20.4. The minimum atomic E-state index is -0.458. The fourth-order valence-corrected chi connectivity index (χ4v) is 3.42. The Morgan fingerprint density at radius 1 is 1.39 bits per heavy atom. The highest BCUT2D eigenvalue weighted by Crippen LogP contribution is 2.35. The maximum absolute atomic E-state index is 13.4. The molecule has 3 aromatic rings. The molecule has 9 heteroatoms. The van der Waals surface area contributed by atoms with Gasteiger partial charge in [-0.3, -0.25) is 9.48 Å². The molecule has 6 nitrogen and oxygen atoms in total. The first-order valence-electron chi connectivity index (χ1n) is 8.53. The average Bonchev–Trinajstić information content (AvgIpc) is 3.19. The van der Waals surface area contributed by atoms with E-state index in [9.17, 15) is 9.18 Å². The molecule has 0 bridgehead atoms. The van der Waals surface area contributed by atoms with Crippen molar-refractivity contribution in [3.8, 4) is 11.3 Å². The third-order valence-electron chi connectivity index (χ3n) is 4.38. The zero-order valence-corrected chi connectivity index (χ0v) is 16.8. The Bertz CT molecular complexity index is 996. The molecule has 3 rings (SSSR count). The summed E-state index contributed by atoms with van der Waals surface area (Å²) in [6.07, 6.45) is 1.94. The van der Waals surface area contributed by atoms with Crippen LogP contribution in [0.5, 0.6) is 0 Å². The van der Waals surface area contributed by atoms with E-state index in [1.807, 2.05) is 0 Å². The van der Waals surface area contributed by atoms with E-state index in [1.165, 1.54) is 18.3 Å². The number of aryl methyl sites for hydroxylation is 2. The van der Waals surface area contributed by atoms with Crippen LogP contribution < -0.4 is 11.1 Å². The van der Waals surface area contributed by atoms with E-state index in [4.69, 9.17) is 33.4 Å². The van der Waals surface area contributed by atoms with Crippen molar-refractivity contribution in [2.24, 2.45) is 12.8 Å². The standard InChI is InChI=1S/C19H19Cl2FN4O2/c1-10-5-11(3-4-15(10)22)6-12(8-23)25-19(27)16-7-13(18(21)28-16)17-14(20)9-24-26(17)2/h3-5,7,9,12H,6,8,23H2,1-2H3,(H,25,27)/t12-/m0/s1. The number of hydrogen-bond donors (Lipinski definition) is 2. The second-order valence-electron chi connectivity index (χ2n) is 6.46. The predicted octanol–water partition coefficient (Wildman–Crippen LogP) is 3.73. The van der Waals surface area contributed by atoms with Gasteiger partial charge in [0.25, 0.3) is 5.91 Å². The summed E-state index contributed by atoms with van der Waals surface area (Å²) >= 11 is 12.3. The summed E-state index contributed by atoms with van der Waals surface area (Å²) < 4.78 is 20.4. The lowest BCUT2D eigenvalue weighted by atomic mass is 10.0. The summed E-state index contributed by atoms with van der Waals surface area (Å²) in [6, 6.07) is 5.96. The maximum Gasteiger partial charge on any atom is 0.287 e. The van der Waals surface area contributed by atoms with E-state index in [1.54, 1.807) is 30.8 Å². The van der Waals surface area contributed by atoms with E-state index in [0.717, 1.165) is 5.56 Å². The van der Waals surface area contributed by atoms with Gasteiger partial charge in [0.05, 0.1) is 22.5 Å². The van der Waals surface area contributed by atoms with Gasteiger partial charge in [0.1, 0.15) is 5.82 Å². The molecule has 0 spiro atoms. The number of benzene rings is 1. The molecule has 0 aliphatic rings. The summed E-state index contributed by atoms with van der Waals surface area (Å²) in [5.41, 5.74) is 8.22. The van der Waals surface area contributed by atoms with Crippen LogP contribution in [-0.4, -0.2) is 28.3 Å². The van der Waals surface area contributed by atoms with Crippen LogP contribution in [0.2, 0.25) is 10.2 Å². The molecule has 28 heavy (non-hydrogen) atoms. The molecule has 3 N–H and O–H groups in total. The van der Waals surface area contributed by atoms with Crippen LogP contribution in [-0.2, 0) is 13.5 Å². The van der Waals surface area contributed by atoms with Crippen molar-refractivity contribution in [3.05, 3.63) is 63.4 Å². The minimum absolute atomic E-state index is 0.0333. The van der Waals surface area contributed by atoms with Crippen molar-refractivity contribution >= 4 is 29.1 Å². The molecule has 0 fully saturated rings. The number of halogens is 3. The van der Waals surface area contributed by atoms with Crippen LogP contribution in [0.3, 0.4) is 0 Å². The van der Waals surface area contributed by atoms with Gasteiger partial charge in [-0.15, -0.1) is 0 Å². The van der Waals surface area contributed by atoms with Crippen LogP contribution in [0.4, 0.5) is 4.39 Å². The first-order valence-corrected chi connectivity index (χ1v) is 9.29. The number of nitrogens with one attached hydrogen (secondary N) is 1. The first-order chi connectivity index (χ1) is 13.3. The Labute approximate surface area is 171 Å². The molecule has 0 unspecified atom stereocenters. The molecular formula is C19H19Cl2FN4O2. The zero-order valence-electron chi connectivity index (χ0n) is 15.3. The van der Waals surface area contributed by atoms with Gasteiger partial charge in [-0.1, -0.05) is 23.7 Å². The quantitative estimate of drug-likeness (QED) is 0.630. The smallest absolute Gasteiger partial charge is 0.287 e. The fraction of sp³-hybridized carbons (Fsp3) is 0.263. The van der Waals surface area contributed by atoms with E-state index in [0.29, 0.717) is 28.3 Å². The molecule has 148 valence electrons. The maximum atomic E-state index is 13.4. The second kappa shape index (κ2) is 8.34. The summed E-state index contributed by atoms with van der Waals surface area (Å²) in [5, 5.41) is 7.29. The van der Waals surface area contributed by atoms with Gasteiger partial charge >= 0.3 is 0 Å². The topological polar surface area (TPSA) is 86.1 Å². The molecule has 2 aromatic heterocycles. The Balaban J connectivity index is 1.76. The Morgan fingerprint density at radius 3 is 2.75 bits per heavy atom. The lowest BCUT2D eigenvalue weighted by Crippen LogP contribution is -2.41. The van der Waals surface area contributed by atoms with Crippen molar-refractivity contribution in [1.82, 2.24) is 15.1 Å². The molecule has 1 amide bonds. The number of amides is 1. The van der Waals surface area contributed by atoms with Crippen molar-refractivity contribution in [2.45, 2.75) is 19.4 Å². The van der Waals surface area contributed by atoms with Gasteiger partial charge < -0.3 is 15.5 Å². The van der Waals surface area contributed by atoms with Crippen LogP contribution in [0.1, 0.15) is 21.7 Å². The summed E-state index contributed by atoms with van der Waals surface area (Å²) in [4.78, 5) is 12.6. The number of furan rings is 1. The van der Waals surface area contributed by atoms with Crippen LogP contribution in [0.25, 0.3) is 11.3 Å². The number of nitrogens with zero attached hydrogens (tertiary/aromatic N) is 2. The summed E-state index contributed by atoms with van der Waals surface area (Å²) in [7, 11) is 1.71. The van der Waals surface area contributed by atoms with Gasteiger partial charge in [0, 0.05) is 25.7 Å². The molecule has 0 saturated carbocycles. The first kappa shape index (κ1) is 20.4. The number of carbonyl (C=O) groups excluding carboxylic acids is 1. The molecule has 0 saturated heterocycles. The highest BCUT2D eigenvalue weighted by atomic mass is 35.5. The summed E-state index contributed by atoms with van der Waals surface area (Å²) in [6.45, 7) is 1.89. The predicted molar refractivity (Wildman–Crippen MR) is 106 cm³/mol. The number of carbonyl (C=O) groups is 1. The van der Waals surface area contributed by atoms with Gasteiger partial charge in [0.2, 0.25) is 5.22 Å². The largest absolute Gasteiger partial charge is 0.439 e. The molecule has 1 aromatic carbocycles. The number of hydrogen-bond acceptors (Lipinski definition) is 4. The van der Waals surface area contributed by atoms with Crippen molar-refractivity contribution < 1.29 is 13.6 Å². The monoisotopic (exact) mass is 424 g/mol. The number of nitrogens with two attached hydrogens (primary N) is 1. The normalized spacial score (nSPS) is 12.2.